The van der Waals surface area contributed by atoms with Crippen molar-refractivity contribution in [3.8, 4) is 0 Å². The lowest BCUT2D eigenvalue weighted by atomic mass is 10.3. The number of allylic oxidation sites excluding steroid dienone is 1. The van der Waals surface area contributed by atoms with Crippen LogP contribution < -0.4 is 0 Å². The van der Waals surface area contributed by atoms with Crippen molar-refractivity contribution in [3.63, 3.8) is 0 Å². The first-order chi connectivity index (χ1) is 3.30. The van der Waals surface area contributed by atoms with Crippen LogP contribution in [0.25, 0.3) is 0 Å². The van der Waals surface area contributed by atoms with Crippen molar-refractivity contribution in [2.24, 2.45) is 0 Å². The molecule has 1 heterocycles. The van der Waals surface area contributed by atoms with Crippen molar-refractivity contribution in [2.45, 2.75) is 12.8 Å². The Hall–Kier alpha value is -0.590. The number of rotatable bonds is 0. The van der Waals surface area contributed by atoms with Crippen LogP contribution in [0.1, 0.15) is 12.8 Å². The van der Waals surface area contributed by atoms with Crippen molar-refractivity contribution in [1.29, 1.82) is 0 Å². The molecule has 0 aromatic carbocycles. The molecule has 0 aliphatic carbocycles. The average molecular weight is 96.2 g/mol. The van der Waals surface area contributed by atoms with Crippen LogP contribution in [0.4, 0.5) is 0 Å². The Morgan fingerprint density at radius 2 is 2.57 bits per heavy atom. The predicted octanol–water partition coefficient (Wildman–Crippen LogP) is 1.01. The number of nitrogens with zero attached hydrogens (tertiary/aromatic N) is 1. The largest absolute Gasteiger partial charge is 0.209 e. The van der Waals surface area contributed by atoms with Gasteiger partial charge in [0, 0.05) is 12.8 Å². The standard InChI is InChI=1S/C6H10N/c1-6-4-3-5-7(6)2/h5H,1,3-4H2,2H3/q+1. The predicted molar refractivity (Wildman–Crippen MR) is 30.6 cm³/mol. The van der Waals surface area contributed by atoms with Crippen LogP contribution in [-0.2, 0) is 0 Å². The van der Waals surface area contributed by atoms with E-state index in [1.807, 2.05) is 7.05 Å². The third kappa shape index (κ3) is 0.710. The third-order valence-corrected chi connectivity index (χ3v) is 1.33. The lowest BCUT2D eigenvalue weighted by molar-refractivity contribution is -0.433. The monoisotopic (exact) mass is 96.1 g/mol. The van der Waals surface area contributed by atoms with Gasteiger partial charge in [-0.2, -0.15) is 0 Å². The molecule has 38 valence electrons. The summed E-state index contributed by atoms with van der Waals surface area (Å²) in [6.07, 6.45) is 4.48. The molecule has 0 saturated carbocycles. The van der Waals surface area contributed by atoms with E-state index in [2.05, 4.69) is 17.4 Å². The topological polar surface area (TPSA) is 3.01 Å². The Labute approximate surface area is 44.0 Å². The van der Waals surface area contributed by atoms with E-state index < -0.39 is 0 Å². The summed E-state index contributed by atoms with van der Waals surface area (Å²) in [7, 11) is 2.04. The second-order valence-electron chi connectivity index (χ2n) is 1.90. The van der Waals surface area contributed by atoms with Crippen LogP contribution in [0.15, 0.2) is 12.3 Å². The van der Waals surface area contributed by atoms with Gasteiger partial charge in [-0.15, -0.1) is 0 Å². The van der Waals surface area contributed by atoms with Gasteiger partial charge in [0.15, 0.2) is 5.70 Å². The Bertz CT molecular complexity index is 122. The maximum Gasteiger partial charge on any atom is 0.174 e. The Morgan fingerprint density at radius 1 is 1.86 bits per heavy atom. The van der Waals surface area contributed by atoms with E-state index in [4.69, 9.17) is 0 Å². The molecule has 0 spiro atoms. The molecule has 1 rings (SSSR count). The molecule has 0 fully saturated rings. The molecule has 0 atom stereocenters. The van der Waals surface area contributed by atoms with Crippen molar-refractivity contribution in [3.05, 3.63) is 12.3 Å². The summed E-state index contributed by atoms with van der Waals surface area (Å²) < 4.78 is 2.08. The van der Waals surface area contributed by atoms with E-state index in [9.17, 15) is 0 Å². The summed E-state index contributed by atoms with van der Waals surface area (Å²) in [5.41, 5.74) is 1.24. The molecule has 0 bridgehead atoms. The first-order valence-electron chi connectivity index (χ1n) is 2.54. The van der Waals surface area contributed by atoms with Gasteiger partial charge in [0.1, 0.15) is 13.3 Å². The minimum Gasteiger partial charge on any atom is -0.209 e. The summed E-state index contributed by atoms with van der Waals surface area (Å²) in [5, 5.41) is 0. The molecular formula is C6H10N+. The lowest BCUT2D eigenvalue weighted by Crippen LogP contribution is -1.94. The molecule has 0 radical (unpaired) electrons. The number of hydrogen-bond acceptors (Lipinski definition) is 0. The van der Waals surface area contributed by atoms with Crippen LogP contribution >= 0.6 is 0 Å². The molecule has 0 aromatic rings. The van der Waals surface area contributed by atoms with E-state index in [1.165, 1.54) is 12.1 Å². The van der Waals surface area contributed by atoms with Gasteiger partial charge in [-0.3, -0.25) is 0 Å². The second kappa shape index (κ2) is 1.49. The quantitative estimate of drug-likeness (QED) is 0.396. The fourth-order valence-electron chi connectivity index (χ4n) is 0.730. The molecule has 1 aliphatic heterocycles. The van der Waals surface area contributed by atoms with Crippen LogP contribution in [0.2, 0.25) is 0 Å². The Balaban J connectivity index is 2.72. The van der Waals surface area contributed by atoms with Crippen molar-refractivity contribution < 1.29 is 4.58 Å². The molecule has 1 aliphatic rings. The minimum absolute atomic E-state index is 1.15. The molecule has 0 unspecified atom stereocenters. The first kappa shape index (κ1) is 4.57. The zero-order chi connectivity index (χ0) is 5.28. The minimum atomic E-state index is 1.15. The molecule has 0 aromatic heterocycles. The van der Waals surface area contributed by atoms with E-state index in [1.54, 1.807) is 0 Å². The Kier molecular flexibility index (Phi) is 0.970. The molecular weight excluding hydrogens is 86.1 g/mol. The van der Waals surface area contributed by atoms with E-state index in [-0.39, 0.29) is 0 Å². The summed E-state index contributed by atoms with van der Waals surface area (Å²) in [6, 6.07) is 0. The maximum absolute atomic E-state index is 3.83. The highest BCUT2D eigenvalue weighted by Crippen LogP contribution is 2.06. The summed E-state index contributed by atoms with van der Waals surface area (Å²) in [6.45, 7) is 3.83. The second-order valence-corrected chi connectivity index (χ2v) is 1.90. The molecule has 0 saturated heterocycles. The van der Waals surface area contributed by atoms with Crippen LogP contribution in [0.5, 0.6) is 0 Å². The van der Waals surface area contributed by atoms with Crippen molar-refractivity contribution in [2.75, 3.05) is 7.05 Å². The van der Waals surface area contributed by atoms with Crippen LogP contribution in [0, 0.1) is 0 Å². The van der Waals surface area contributed by atoms with Gasteiger partial charge in [-0.25, -0.2) is 4.58 Å². The number of hydrogen-bond donors (Lipinski definition) is 0. The lowest BCUT2D eigenvalue weighted by Gasteiger charge is -1.83. The first-order valence-corrected chi connectivity index (χ1v) is 2.54. The van der Waals surface area contributed by atoms with Gasteiger partial charge in [0.2, 0.25) is 0 Å². The highest BCUT2D eigenvalue weighted by atomic mass is 15.0. The molecule has 0 amide bonds. The van der Waals surface area contributed by atoms with Gasteiger partial charge >= 0.3 is 0 Å². The van der Waals surface area contributed by atoms with Gasteiger partial charge in [0.25, 0.3) is 0 Å². The SMILES string of the molecule is C=C1CCC=[N+]1C. The fraction of sp³-hybridized carbons (Fsp3) is 0.500. The van der Waals surface area contributed by atoms with Gasteiger partial charge < -0.3 is 0 Å². The zero-order valence-corrected chi connectivity index (χ0v) is 4.65. The molecule has 1 nitrogen and oxygen atoms in total. The smallest absolute Gasteiger partial charge is 0.174 e. The normalized spacial score (nSPS) is 20.1. The molecule has 0 N–H and O–H groups in total. The highest BCUT2D eigenvalue weighted by molar-refractivity contribution is 5.54. The van der Waals surface area contributed by atoms with E-state index in [0.717, 1.165) is 6.42 Å². The summed E-state index contributed by atoms with van der Waals surface area (Å²) >= 11 is 0. The van der Waals surface area contributed by atoms with Crippen LogP contribution in [-0.4, -0.2) is 17.8 Å². The van der Waals surface area contributed by atoms with Crippen LogP contribution in [0.3, 0.4) is 0 Å². The maximum atomic E-state index is 3.83. The fourth-order valence-corrected chi connectivity index (χ4v) is 0.730. The van der Waals surface area contributed by atoms with E-state index in [0.29, 0.717) is 0 Å². The third-order valence-electron chi connectivity index (χ3n) is 1.33. The van der Waals surface area contributed by atoms with Gasteiger partial charge in [-0.1, -0.05) is 0 Å². The van der Waals surface area contributed by atoms with Gasteiger partial charge in [0.05, 0.1) is 0 Å². The van der Waals surface area contributed by atoms with Gasteiger partial charge in [-0.05, 0) is 6.58 Å². The van der Waals surface area contributed by atoms with Crippen molar-refractivity contribution >= 4 is 6.21 Å². The van der Waals surface area contributed by atoms with E-state index >= 15 is 0 Å². The highest BCUT2D eigenvalue weighted by Gasteiger charge is 2.09. The average Bonchev–Trinajstić information content (AvgIpc) is 1.91. The molecule has 1 heteroatoms. The summed E-state index contributed by atoms with van der Waals surface area (Å²) in [4.78, 5) is 0. The summed E-state index contributed by atoms with van der Waals surface area (Å²) in [5.74, 6) is 0. The zero-order valence-electron chi connectivity index (χ0n) is 4.65. The molecule has 7 heavy (non-hydrogen) atoms. The van der Waals surface area contributed by atoms with Crippen molar-refractivity contribution in [1.82, 2.24) is 0 Å². The Morgan fingerprint density at radius 3 is 2.71 bits per heavy atom.